The Labute approximate surface area is 143 Å². The van der Waals surface area contributed by atoms with Crippen molar-refractivity contribution in [2.75, 3.05) is 0 Å². The van der Waals surface area contributed by atoms with Gasteiger partial charge in [-0.3, -0.25) is 19.2 Å². The van der Waals surface area contributed by atoms with Gasteiger partial charge in [0.05, 0.1) is 6.10 Å². The molecule has 0 aromatic heterocycles. The quantitative estimate of drug-likeness (QED) is 0.521. The van der Waals surface area contributed by atoms with Crippen LogP contribution in [0.4, 0.5) is 0 Å². The highest BCUT2D eigenvalue weighted by atomic mass is 16.4. The zero-order valence-electron chi connectivity index (χ0n) is 18.4. The number of ketones is 2. The molecule has 0 heterocycles. The molecule has 0 radical (unpaired) electrons. The smallest absolute Gasteiger partial charge is 0.303 e. The number of aliphatic carboxylic acids is 2. The lowest BCUT2D eigenvalue weighted by Crippen LogP contribution is -2.22. The summed E-state index contributed by atoms with van der Waals surface area (Å²) in [5.74, 6) is -5.91. The van der Waals surface area contributed by atoms with E-state index in [1.807, 2.05) is 0 Å². The van der Waals surface area contributed by atoms with E-state index in [0.29, 0.717) is 0 Å². The van der Waals surface area contributed by atoms with Crippen molar-refractivity contribution in [3.05, 3.63) is 0 Å². The van der Waals surface area contributed by atoms with E-state index in [1.165, 1.54) is 0 Å². The maximum Gasteiger partial charge on any atom is 0.303 e. The van der Waals surface area contributed by atoms with Crippen LogP contribution in [0.15, 0.2) is 0 Å². The molecular formula is C16H24O7. The van der Waals surface area contributed by atoms with E-state index in [9.17, 15) is 24.3 Å². The zero-order valence-corrected chi connectivity index (χ0v) is 12.4. The highest BCUT2D eigenvalue weighted by Gasteiger charge is 2.41. The summed E-state index contributed by atoms with van der Waals surface area (Å²) in [6.07, 6.45) is -13.3. The van der Waals surface area contributed by atoms with Gasteiger partial charge in [0.25, 0.3) is 0 Å². The number of carbonyl (C=O) groups excluding carboxylic acids is 2. The summed E-state index contributed by atoms with van der Waals surface area (Å²) in [4.78, 5) is 45.8. The lowest BCUT2D eigenvalue weighted by Gasteiger charge is -2.20. The SMILES string of the molecule is [2H]C([2H])(CC(=O)CCC1C(O)CC(=O)C1CCC(=O)O)C([2H])([2H])C([2H])([2H])C(=O)O. The van der Waals surface area contributed by atoms with E-state index in [1.54, 1.807) is 0 Å². The Kier molecular flexibility index (Phi) is 4.79. The Morgan fingerprint density at radius 3 is 2.35 bits per heavy atom. The molecule has 130 valence electrons. The Morgan fingerprint density at radius 2 is 1.74 bits per heavy atom. The topological polar surface area (TPSA) is 129 Å². The lowest BCUT2D eigenvalue weighted by molar-refractivity contribution is -0.138. The number of rotatable bonds is 11. The van der Waals surface area contributed by atoms with Gasteiger partial charge in [-0.1, -0.05) is 0 Å². The molecule has 0 aromatic carbocycles. The predicted octanol–water partition coefficient (Wildman–Crippen LogP) is 1.41. The normalized spacial score (nSPS) is 29.6. The first kappa shape index (κ1) is 11.7. The monoisotopic (exact) mass is 334 g/mol. The molecule has 1 rings (SSSR count). The second-order valence-electron chi connectivity index (χ2n) is 5.43. The van der Waals surface area contributed by atoms with Crippen LogP contribution in [0.3, 0.4) is 0 Å². The first-order valence-corrected chi connectivity index (χ1v) is 7.22. The molecule has 0 aromatic rings. The number of hydrogen-bond donors (Lipinski definition) is 3. The van der Waals surface area contributed by atoms with Gasteiger partial charge in [0.1, 0.15) is 11.6 Å². The number of hydrogen-bond acceptors (Lipinski definition) is 5. The Bertz CT molecular complexity index is 679. The third kappa shape index (κ3) is 6.90. The van der Waals surface area contributed by atoms with Gasteiger partial charge >= 0.3 is 11.9 Å². The molecule has 7 nitrogen and oxygen atoms in total. The average molecular weight is 334 g/mol. The number of aliphatic hydroxyl groups is 1. The molecule has 3 atom stereocenters. The predicted molar refractivity (Wildman–Crippen MR) is 79.8 cm³/mol. The van der Waals surface area contributed by atoms with Crippen molar-refractivity contribution in [2.24, 2.45) is 11.8 Å². The van der Waals surface area contributed by atoms with Crippen molar-refractivity contribution in [3.63, 3.8) is 0 Å². The van der Waals surface area contributed by atoms with E-state index in [-0.39, 0.29) is 37.9 Å². The molecule has 1 fully saturated rings. The van der Waals surface area contributed by atoms with Crippen LogP contribution in [0.2, 0.25) is 0 Å². The Morgan fingerprint density at radius 1 is 1.04 bits per heavy atom. The average Bonchev–Trinajstić information content (AvgIpc) is 2.82. The van der Waals surface area contributed by atoms with Gasteiger partial charge in [0.15, 0.2) is 0 Å². The van der Waals surface area contributed by atoms with Gasteiger partial charge in [0, 0.05) is 46.2 Å². The number of carbonyl (C=O) groups is 4. The molecule has 23 heavy (non-hydrogen) atoms. The van der Waals surface area contributed by atoms with Crippen LogP contribution in [0.25, 0.3) is 0 Å². The number of Topliss-reactive ketones (excluding diaryl/α,β-unsaturated/α-hetero) is 2. The Balaban J connectivity index is 2.79. The van der Waals surface area contributed by atoms with Crippen molar-refractivity contribution in [2.45, 2.75) is 63.7 Å². The summed E-state index contributed by atoms with van der Waals surface area (Å²) >= 11 is 0. The van der Waals surface area contributed by atoms with Gasteiger partial charge in [0.2, 0.25) is 0 Å². The fourth-order valence-electron chi connectivity index (χ4n) is 2.72. The van der Waals surface area contributed by atoms with E-state index in [0.717, 1.165) is 0 Å². The van der Waals surface area contributed by atoms with Crippen molar-refractivity contribution in [1.29, 1.82) is 0 Å². The molecule has 0 saturated heterocycles. The summed E-state index contributed by atoms with van der Waals surface area (Å²) in [6, 6.07) is 0. The summed E-state index contributed by atoms with van der Waals surface area (Å²) in [7, 11) is 0. The van der Waals surface area contributed by atoms with Gasteiger partial charge in [-0.15, -0.1) is 0 Å². The number of carboxylic acids is 2. The molecule has 1 aliphatic carbocycles. The van der Waals surface area contributed by atoms with Crippen LogP contribution in [0.1, 0.15) is 65.9 Å². The number of aliphatic hydroxyl groups excluding tert-OH is 1. The largest absolute Gasteiger partial charge is 0.481 e. The minimum atomic E-state index is -3.58. The molecule has 0 spiro atoms. The molecule has 1 aliphatic rings. The Hall–Kier alpha value is -1.76. The minimum Gasteiger partial charge on any atom is -0.481 e. The third-order valence-corrected chi connectivity index (χ3v) is 3.80. The fraction of sp³-hybridized carbons (Fsp3) is 0.750. The van der Waals surface area contributed by atoms with Crippen molar-refractivity contribution in [3.8, 4) is 0 Å². The fourth-order valence-corrected chi connectivity index (χ4v) is 2.72. The highest BCUT2D eigenvalue weighted by Crippen LogP contribution is 2.35. The summed E-state index contributed by atoms with van der Waals surface area (Å²) < 4.78 is 45.2. The maximum atomic E-state index is 12.2. The van der Waals surface area contributed by atoms with Crippen LogP contribution < -0.4 is 0 Å². The maximum absolute atomic E-state index is 12.2. The van der Waals surface area contributed by atoms with E-state index < -0.39 is 61.2 Å². The molecule has 7 heteroatoms. The zero-order chi connectivity index (χ0) is 22.8. The lowest BCUT2D eigenvalue weighted by atomic mass is 9.85. The summed E-state index contributed by atoms with van der Waals surface area (Å²) in [6.45, 7) is 0. The summed E-state index contributed by atoms with van der Waals surface area (Å²) in [5, 5.41) is 27.6. The van der Waals surface area contributed by atoms with Crippen LogP contribution in [-0.4, -0.2) is 44.9 Å². The summed E-state index contributed by atoms with van der Waals surface area (Å²) in [5.41, 5.74) is 0. The van der Waals surface area contributed by atoms with Gasteiger partial charge in [-0.05, 0) is 31.5 Å². The highest BCUT2D eigenvalue weighted by molar-refractivity contribution is 5.85. The molecular weight excluding hydrogens is 304 g/mol. The minimum absolute atomic E-state index is 0.00766. The van der Waals surface area contributed by atoms with Crippen LogP contribution in [0.5, 0.6) is 0 Å². The third-order valence-electron chi connectivity index (χ3n) is 3.80. The second-order valence-corrected chi connectivity index (χ2v) is 5.43. The first-order valence-electron chi connectivity index (χ1n) is 10.2. The van der Waals surface area contributed by atoms with E-state index >= 15 is 0 Å². The van der Waals surface area contributed by atoms with Gasteiger partial charge < -0.3 is 15.3 Å². The van der Waals surface area contributed by atoms with E-state index in [2.05, 4.69) is 0 Å². The molecule has 1 saturated carbocycles. The molecule has 3 unspecified atom stereocenters. The number of carboxylic acid groups (broad SMARTS) is 2. The van der Waals surface area contributed by atoms with Crippen molar-refractivity contribution < 1.29 is 42.7 Å². The standard InChI is InChI=1S/C16H24O7/c17-10(3-1-2-4-15(20)21)5-6-11-12(7-8-16(22)23)14(19)9-13(11)18/h11-13,18H,1-9H2,(H,20,21)(H,22,23)/i1D2,2D2,4D2. The van der Waals surface area contributed by atoms with Gasteiger partial charge in [-0.25, -0.2) is 0 Å². The van der Waals surface area contributed by atoms with Crippen molar-refractivity contribution in [1.82, 2.24) is 0 Å². The molecule has 0 bridgehead atoms. The molecule has 3 N–H and O–H groups in total. The molecule has 0 amide bonds. The second kappa shape index (κ2) is 9.39. The van der Waals surface area contributed by atoms with Crippen LogP contribution >= 0.6 is 0 Å². The van der Waals surface area contributed by atoms with Crippen LogP contribution in [-0.2, 0) is 19.2 Å². The molecule has 0 aliphatic heterocycles. The van der Waals surface area contributed by atoms with Crippen molar-refractivity contribution >= 4 is 23.5 Å². The first-order chi connectivity index (χ1) is 13.0. The van der Waals surface area contributed by atoms with Gasteiger partial charge in [-0.2, -0.15) is 0 Å². The van der Waals surface area contributed by atoms with Crippen LogP contribution in [0, 0.1) is 11.8 Å². The van der Waals surface area contributed by atoms with E-state index in [4.69, 9.17) is 18.4 Å².